The number of likely N-dealkylation sites (tertiary alicyclic amines) is 1. The Balaban J connectivity index is 2.08. The highest BCUT2D eigenvalue weighted by molar-refractivity contribution is 6.05. The number of amides is 2. The smallest absolute Gasteiger partial charge is 0.465 e. The summed E-state index contributed by atoms with van der Waals surface area (Å²) in [5, 5.41) is 9.24. The lowest BCUT2D eigenvalue weighted by molar-refractivity contribution is -0.171. The van der Waals surface area contributed by atoms with E-state index in [0.717, 1.165) is 18.0 Å². The van der Waals surface area contributed by atoms with Crippen molar-refractivity contribution in [1.82, 2.24) is 9.80 Å². The fourth-order valence-corrected chi connectivity index (χ4v) is 4.41. The van der Waals surface area contributed by atoms with Gasteiger partial charge >= 0.3 is 24.1 Å². The molecule has 0 aromatic heterocycles. The number of rotatable bonds is 4. The summed E-state index contributed by atoms with van der Waals surface area (Å²) in [6.45, 7) is 7.64. The van der Waals surface area contributed by atoms with Crippen molar-refractivity contribution in [2.45, 2.75) is 51.4 Å². The van der Waals surface area contributed by atoms with Gasteiger partial charge in [-0.15, -0.1) is 0 Å². The van der Waals surface area contributed by atoms with Crippen molar-refractivity contribution in [2.75, 3.05) is 56.1 Å². The molecule has 9 nitrogen and oxygen atoms in total. The Kier molecular flexibility index (Phi) is 8.07. The fraction of sp³-hybridized carbons (Fsp3) is 0.625. The lowest BCUT2D eigenvalue weighted by Gasteiger charge is -2.39. The van der Waals surface area contributed by atoms with Gasteiger partial charge in [-0.2, -0.15) is 13.2 Å². The van der Waals surface area contributed by atoms with Crippen molar-refractivity contribution in [2.24, 2.45) is 0 Å². The number of carbonyl (C=O) groups excluding carboxylic acids is 2. The summed E-state index contributed by atoms with van der Waals surface area (Å²) in [6.07, 6.45) is -6.37. The minimum absolute atomic E-state index is 0.000610. The predicted octanol–water partition coefficient (Wildman–Crippen LogP) is 3.43. The maximum atomic E-state index is 13.8. The van der Waals surface area contributed by atoms with Crippen molar-refractivity contribution in [3.05, 3.63) is 23.8 Å². The number of hydrogen-bond acceptors (Lipinski definition) is 6. The number of carboxylic acid groups (broad SMARTS) is 1. The van der Waals surface area contributed by atoms with Crippen LogP contribution in [-0.2, 0) is 9.53 Å². The summed E-state index contributed by atoms with van der Waals surface area (Å²) in [4.78, 5) is 43.0. The molecule has 0 unspecified atom stereocenters. The Morgan fingerprint density at radius 2 is 1.58 bits per heavy atom. The maximum absolute atomic E-state index is 13.8. The standard InChI is InChI=1S/C24H33F3N4O5/c1-23(2,3)36-20(32)18-6-5-17(29-13-11-28(4)12-14-29)15-19(18)31(21(33)24(25,26)27)16-7-9-30(10-8-16)22(34)35/h5-6,15-16H,7-14H2,1-4H3,(H,34,35). The number of hydrogen-bond donors (Lipinski definition) is 1. The second-order valence-electron chi connectivity index (χ2n) is 10.2. The van der Waals surface area contributed by atoms with Gasteiger partial charge in [-0.05, 0) is 58.9 Å². The number of alkyl halides is 3. The van der Waals surface area contributed by atoms with E-state index in [-0.39, 0.29) is 37.2 Å². The van der Waals surface area contributed by atoms with Crippen LogP contribution in [0.2, 0.25) is 0 Å². The molecule has 0 spiro atoms. The highest BCUT2D eigenvalue weighted by Gasteiger charge is 2.47. The van der Waals surface area contributed by atoms with E-state index < -0.39 is 35.8 Å². The van der Waals surface area contributed by atoms with E-state index in [4.69, 9.17) is 4.74 Å². The number of carbonyl (C=O) groups is 3. The van der Waals surface area contributed by atoms with Gasteiger partial charge in [0.05, 0.1) is 11.3 Å². The van der Waals surface area contributed by atoms with Crippen LogP contribution in [0.15, 0.2) is 18.2 Å². The lowest BCUT2D eigenvalue weighted by Crippen LogP contribution is -2.53. The molecule has 1 aromatic carbocycles. The number of piperazine rings is 1. The average molecular weight is 515 g/mol. The van der Waals surface area contributed by atoms with E-state index in [1.807, 2.05) is 11.9 Å². The highest BCUT2D eigenvalue weighted by atomic mass is 19.4. The van der Waals surface area contributed by atoms with E-state index in [9.17, 15) is 32.7 Å². The van der Waals surface area contributed by atoms with Crippen molar-refractivity contribution in [1.29, 1.82) is 0 Å². The molecule has 2 aliphatic rings. The molecule has 2 heterocycles. The molecular formula is C24H33F3N4O5. The van der Waals surface area contributed by atoms with E-state index in [1.54, 1.807) is 26.8 Å². The first-order valence-corrected chi connectivity index (χ1v) is 11.9. The zero-order valence-corrected chi connectivity index (χ0v) is 21.0. The van der Waals surface area contributed by atoms with Gasteiger partial charge in [0, 0.05) is 51.0 Å². The molecule has 2 amide bonds. The summed E-state index contributed by atoms with van der Waals surface area (Å²) >= 11 is 0. The first kappa shape index (κ1) is 27.6. The Bertz CT molecular complexity index is 979. The number of benzene rings is 1. The molecule has 2 saturated heterocycles. The summed E-state index contributed by atoms with van der Waals surface area (Å²) in [7, 11) is 1.97. The number of ether oxygens (including phenoxy) is 1. The fourth-order valence-electron chi connectivity index (χ4n) is 4.41. The molecule has 0 aliphatic carbocycles. The topological polar surface area (TPSA) is 93.6 Å². The Hall–Kier alpha value is -3.02. The van der Waals surface area contributed by atoms with Gasteiger partial charge in [0.25, 0.3) is 0 Å². The third kappa shape index (κ3) is 6.59. The molecule has 1 N–H and O–H groups in total. The summed E-state index contributed by atoms with van der Waals surface area (Å²) in [5.74, 6) is -2.94. The number of likely N-dealkylation sites (N-methyl/N-ethyl adjacent to an activating group) is 1. The van der Waals surface area contributed by atoms with Crippen LogP contribution in [0, 0.1) is 0 Å². The van der Waals surface area contributed by atoms with Gasteiger partial charge in [-0.3, -0.25) is 4.79 Å². The van der Waals surface area contributed by atoms with Gasteiger partial charge in [-0.25, -0.2) is 9.59 Å². The average Bonchev–Trinajstić information content (AvgIpc) is 2.78. The Morgan fingerprint density at radius 1 is 1.00 bits per heavy atom. The second-order valence-corrected chi connectivity index (χ2v) is 10.2. The summed E-state index contributed by atoms with van der Waals surface area (Å²) in [6, 6.07) is 3.55. The molecule has 2 aliphatic heterocycles. The Labute approximate surface area is 208 Å². The molecule has 200 valence electrons. The third-order valence-corrected chi connectivity index (χ3v) is 6.29. The monoisotopic (exact) mass is 514 g/mol. The van der Waals surface area contributed by atoms with Gasteiger partial charge in [-0.1, -0.05) is 0 Å². The van der Waals surface area contributed by atoms with Crippen LogP contribution in [0.1, 0.15) is 44.0 Å². The molecule has 0 atom stereocenters. The van der Waals surface area contributed by atoms with Crippen LogP contribution in [0.3, 0.4) is 0 Å². The van der Waals surface area contributed by atoms with Crippen molar-refractivity contribution < 1.29 is 37.4 Å². The van der Waals surface area contributed by atoms with Crippen LogP contribution < -0.4 is 9.80 Å². The summed E-state index contributed by atoms with van der Waals surface area (Å²) in [5.41, 5.74) is -0.651. The molecule has 0 bridgehead atoms. The molecule has 2 fully saturated rings. The van der Waals surface area contributed by atoms with Crippen LogP contribution in [-0.4, -0.2) is 97.0 Å². The lowest BCUT2D eigenvalue weighted by atomic mass is 10.00. The molecule has 0 saturated carbocycles. The predicted molar refractivity (Wildman–Crippen MR) is 127 cm³/mol. The number of anilines is 2. The number of nitrogens with zero attached hydrogens (tertiary/aromatic N) is 4. The minimum atomic E-state index is -5.20. The van der Waals surface area contributed by atoms with Gasteiger partial charge < -0.3 is 29.4 Å². The largest absolute Gasteiger partial charge is 0.471 e. The van der Waals surface area contributed by atoms with Gasteiger partial charge in [0.1, 0.15) is 5.60 Å². The summed E-state index contributed by atoms with van der Waals surface area (Å²) < 4.78 is 46.9. The van der Waals surface area contributed by atoms with E-state index in [2.05, 4.69) is 4.90 Å². The third-order valence-electron chi connectivity index (χ3n) is 6.29. The highest BCUT2D eigenvalue weighted by Crippen LogP contribution is 2.35. The normalized spacial score (nSPS) is 18.2. The molecule has 12 heteroatoms. The van der Waals surface area contributed by atoms with E-state index >= 15 is 0 Å². The van der Waals surface area contributed by atoms with E-state index in [1.165, 1.54) is 12.1 Å². The van der Waals surface area contributed by atoms with Gasteiger partial charge in [0.2, 0.25) is 0 Å². The first-order chi connectivity index (χ1) is 16.7. The molecule has 1 aromatic rings. The van der Waals surface area contributed by atoms with E-state index in [0.29, 0.717) is 23.7 Å². The SMILES string of the molecule is CN1CCN(c2ccc(C(=O)OC(C)(C)C)c(N(C(=O)C(F)(F)F)C3CCN(C(=O)O)CC3)c2)CC1. The number of halogens is 3. The van der Waals surface area contributed by atoms with Crippen LogP contribution >= 0.6 is 0 Å². The van der Waals surface area contributed by atoms with Crippen molar-refractivity contribution in [3.63, 3.8) is 0 Å². The quantitative estimate of drug-likeness (QED) is 0.616. The number of piperidine rings is 1. The van der Waals surface area contributed by atoms with Gasteiger partial charge in [0.15, 0.2) is 0 Å². The molecule has 3 rings (SSSR count). The van der Waals surface area contributed by atoms with Crippen LogP contribution in [0.25, 0.3) is 0 Å². The minimum Gasteiger partial charge on any atom is -0.465 e. The van der Waals surface area contributed by atoms with Crippen molar-refractivity contribution >= 4 is 29.3 Å². The number of esters is 1. The molecular weight excluding hydrogens is 481 g/mol. The van der Waals surface area contributed by atoms with Crippen molar-refractivity contribution in [3.8, 4) is 0 Å². The molecule has 36 heavy (non-hydrogen) atoms. The zero-order chi connectivity index (χ0) is 26.8. The molecule has 0 radical (unpaired) electrons. The Morgan fingerprint density at radius 3 is 2.08 bits per heavy atom. The maximum Gasteiger partial charge on any atom is 0.471 e. The first-order valence-electron chi connectivity index (χ1n) is 11.9. The van der Waals surface area contributed by atoms with Crippen LogP contribution in [0.5, 0.6) is 0 Å². The zero-order valence-electron chi connectivity index (χ0n) is 21.0. The van der Waals surface area contributed by atoms with Crippen LogP contribution in [0.4, 0.5) is 29.3 Å². The second kappa shape index (κ2) is 10.5.